The molecule has 2 rings (SSSR count). The molecule has 7 heteroatoms. The highest BCUT2D eigenvalue weighted by atomic mass is 32.2. The Bertz CT molecular complexity index is 478. The first-order chi connectivity index (χ1) is 9.05. The first-order valence-electron chi connectivity index (χ1n) is 6.78. The van der Waals surface area contributed by atoms with Gasteiger partial charge in [-0.25, -0.2) is 8.42 Å². The van der Waals surface area contributed by atoms with Crippen LogP contribution in [0.5, 0.6) is 0 Å². The van der Waals surface area contributed by atoms with Crippen LogP contribution in [-0.4, -0.2) is 48.6 Å². The predicted octanol–water partition coefficient (Wildman–Crippen LogP) is 0.808. The Morgan fingerprint density at radius 2 is 2.21 bits per heavy atom. The number of rotatable bonds is 5. The smallest absolute Gasteiger partial charge is 0.246 e. The molecule has 0 aromatic carbocycles. The van der Waals surface area contributed by atoms with Crippen LogP contribution in [0.2, 0.25) is 0 Å². The van der Waals surface area contributed by atoms with Gasteiger partial charge in [0.25, 0.3) is 0 Å². The lowest BCUT2D eigenvalue weighted by Crippen LogP contribution is -2.43. The van der Waals surface area contributed by atoms with Crippen LogP contribution < -0.4 is 5.32 Å². The first kappa shape index (κ1) is 14.5. The molecule has 2 heterocycles. The Labute approximate surface area is 114 Å². The van der Waals surface area contributed by atoms with Crippen LogP contribution in [-0.2, 0) is 10.0 Å². The van der Waals surface area contributed by atoms with Gasteiger partial charge in [0, 0.05) is 25.3 Å². The molecule has 108 valence electrons. The highest BCUT2D eigenvalue weighted by Crippen LogP contribution is 2.25. The van der Waals surface area contributed by atoms with Crippen LogP contribution in [0.25, 0.3) is 0 Å². The van der Waals surface area contributed by atoms with E-state index in [2.05, 4.69) is 29.4 Å². The number of nitrogens with zero attached hydrogens (tertiary/aromatic N) is 2. The highest BCUT2D eigenvalue weighted by molar-refractivity contribution is 7.89. The third-order valence-electron chi connectivity index (χ3n) is 3.84. The van der Waals surface area contributed by atoms with Gasteiger partial charge in [-0.3, -0.25) is 5.10 Å². The van der Waals surface area contributed by atoms with E-state index >= 15 is 0 Å². The Morgan fingerprint density at radius 1 is 1.53 bits per heavy atom. The van der Waals surface area contributed by atoms with Crippen LogP contribution in [0.4, 0.5) is 0 Å². The molecule has 1 saturated heterocycles. The van der Waals surface area contributed by atoms with Crippen molar-refractivity contribution < 1.29 is 8.42 Å². The lowest BCUT2D eigenvalue weighted by molar-refractivity contribution is 0.233. The van der Waals surface area contributed by atoms with E-state index in [1.165, 1.54) is 12.4 Å². The number of sulfonamides is 1. The van der Waals surface area contributed by atoms with Crippen molar-refractivity contribution >= 4 is 10.0 Å². The molecular weight excluding hydrogens is 264 g/mol. The second kappa shape index (κ2) is 6.02. The van der Waals surface area contributed by atoms with E-state index < -0.39 is 10.0 Å². The average Bonchev–Trinajstić information content (AvgIpc) is 2.94. The summed E-state index contributed by atoms with van der Waals surface area (Å²) in [5.74, 6) is 0.552. The van der Waals surface area contributed by atoms with Gasteiger partial charge < -0.3 is 5.32 Å². The SMILES string of the molecule is CCNC(C)C1CCN(S(=O)(=O)c2cn[nH]c2)CC1. The van der Waals surface area contributed by atoms with Gasteiger partial charge in [-0.2, -0.15) is 9.40 Å². The summed E-state index contributed by atoms with van der Waals surface area (Å²) < 4.78 is 26.2. The van der Waals surface area contributed by atoms with E-state index in [0.29, 0.717) is 25.0 Å². The van der Waals surface area contributed by atoms with E-state index in [4.69, 9.17) is 0 Å². The quantitative estimate of drug-likeness (QED) is 0.839. The molecule has 2 N–H and O–H groups in total. The lowest BCUT2D eigenvalue weighted by Gasteiger charge is -2.34. The summed E-state index contributed by atoms with van der Waals surface area (Å²) in [6, 6.07) is 0.448. The summed E-state index contributed by atoms with van der Waals surface area (Å²) >= 11 is 0. The zero-order valence-electron chi connectivity index (χ0n) is 11.5. The molecular formula is C12H22N4O2S. The third kappa shape index (κ3) is 3.16. The van der Waals surface area contributed by atoms with Crippen molar-refractivity contribution in [3.63, 3.8) is 0 Å². The topological polar surface area (TPSA) is 78.1 Å². The van der Waals surface area contributed by atoms with Crippen molar-refractivity contribution in [1.82, 2.24) is 19.8 Å². The monoisotopic (exact) mass is 286 g/mol. The van der Waals surface area contributed by atoms with Crippen LogP contribution in [0.1, 0.15) is 26.7 Å². The van der Waals surface area contributed by atoms with Crippen molar-refractivity contribution in [1.29, 1.82) is 0 Å². The Hall–Kier alpha value is -0.920. The van der Waals surface area contributed by atoms with Gasteiger partial charge in [0.15, 0.2) is 0 Å². The number of aromatic nitrogens is 2. The summed E-state index contributed by atoms with van der Waals surface area (Å²) in [7, 11) is -3.36. The van der Waals surface area contributed by atoms with Gasteiger partial charge in [0.05, 0.1) is 6.20 Å². The van der Waals surface area contributed by atoms with Crippen molar-refractivity contribution in [2.24, 2.45) is 5.92 Å². The van der Waals surface area contributed by atoms with Gasteiger partial charge in [-0.1, -0.05) is 6.92 Å². The minimum atomic E-state index is -3.36. The highest BCUT2D eigenvalue weighted by Gasteiger charge is 2.31. The summed E-state index contributed by atoms with van der Waals surface area (Å²) in [4.78, 5) is 0.255. The number of aromatic amines is 1. The molecule has 1 aromatic heterocycles. The number of piperidine rings is 1. The minimum absolute atomic E-state index is 0.255. The van der Waals surface area contributed by atoms with Crippen LogP contribution >= 0.6 is 0 Å². The lowest BCUT2D eigenvalue weighted by atomic mass is 9.91. The molecule has 0 saturated carbocycles. The molecule has 0 spiro atoms. The molecule has 0 amide bonds. The third-order valence-corrected chi connectivity index (χ3v) is 5.71. The van der Waals surface area contributed by atoms with E-state index in [1.54, 1.807) is 4.31 Å². The Morgan fingerprint density at radius 3 is 2.74 bits per heavy atom. The van der Waals surface area contributed by atoms with Crippen molar-refractivity contribution in [3.05, 3.63) is 12.4 Å². The number of hydrogen-bond acceptors (Lipinski definition) is 4. The van der Waals surface area contributed by atoms with E-state index in [-0.39, 0.29) is 4.90 Å². The Balaban J connectivity index is 1.97. The maximum atomic E-state index is 12.3. The molecule has 1 aliphatic rings. The van der Waals surface area contributed by atoms with Crippen LogP contribution in [0.3, 0.4) is 0 Å². The molecule has 1 unspecified atom stereocenters. The van der Waals surface area contributed by atoms with Crippen LogP contribution in [0, 0.1) is 5.92 Å². The normalized spacial score (nSPS) is 20.5. The van der Waals surface area contributed by atoms with E-state index in [0.717, 1.165) is 19.4 Å². The van der Waals surface area contributed by atoms with E-state index in [1.807, 2.05) is 0 Å². The molecule has 1 aliphatic heterocycles. The van der Waals surface area contributed by atoms with Gasteiger partial charge >= 0.3 is 0 Å². The van der Waals surface area contributed by atoms with Gasteiger partial charge in [0.2, 0.25) is 10.0 Å². The fourth-order valence-electron chi connectivity index (χ4n) is 2.63. The number of H-pyrrole nitrogens is 1. The van der Waals surface area contributed by atoms with Gasteiger partial charge in [-0.15, -0.1) is 0 Å². The van der Waals surface area contributed by atoms with Crippen molar-refractivity contribution in [2.45, 2.75) is 37.6 Å². The summed E-state index contributed by atoms with van der Waals surface area (Å²) in [6.45, 7) is 6.40. The largest absolute Gasteiger partial charge is 0.314 e. The summed E-state index contributed by atoms with van der Waals surface area (Å²) in [6.07, 6.45) is 4.61. The fraction of sp³-hybridized carbons (Fsp3) is 0.750. The first-order valence-corrected chi connectivity index (χ1v) is 8.22. The zero-order chi connectivity index (χ0) is 13.9. The minimum Gasteiger partial charge on any atom is -0.314 e. The molecule has 1 aromatic rings. The van der Waals surface area contributed by atoms with Crippen molar-refractivity contribution in [2.75, 3.05) is 19.6 Å². The molecule has 0 aliphatic carbocycles. The predicted molar refractivity (Wildman–Crippen MR) is 73.2 cm³/mol. The molecule has 1 atom stereocenters. The molecule has 19 heavy (non-hydrogen) atoms. The fourth-order valence-corrected chi connectivity index (χ4v) is 4.01. The number of nitrogens with one attached hydrogen (secondary N) is 2. The maximum Gasteiger partial charge on any atom is 0.246 e. The van der Waals surface area contributed by atoms with Gasteiger partial charge in [0.1, 0.15) is 4.90 Å². The number of hydrogen-bond donors (Lipinski definition) is 2. The summed E-state index contributed by atoms with van der Waals surface area (Å²) in [5.41, 5.74) is 0. The maximum absolute atomic E-state index is 12.3. The van der Waals surface area contributed by atoms with Crippen molar-refractivity contribution in [3.8, 4) is 0 Å². The second-order valence-electron chi connectivity index (χ2n) is 5.02. The Kier molecular flexibility index (Phi) is 4.59. The van der Waals surface area contributed by atoms with Crippen LogP contribution in [0.15, 0.2) is 17.3 Å². The summed E-state index contributed by atoms with van der Waals surface area (Å²) in [5, 5.41) is 9.68. The second-order valence-corrected chi connectivity index (χ2v) is 6.96. The molecule has 0 bridgehead atoms. The zero-order valence-corrected chi connectivity index (χ0v) is 12.3. The molecule has 6 nitrogen and oxygen atoms in total. The average molecular weight is 286 g/mol. The van der Waals surface area contributed by atoms with E-state index in [9.17, 15) is 8.42 Å². The molecule has 1 fully saturated rings. The standard InChI is InChI=1S/C12H22N4O2S/c1-3-13-10(2)11-4-6-16(7-5-11)19(17,18)12-8-14-15-9-12/h8-11,13H,3-7H2,1-2H3,(H,14,15). The molecule has 0 radical (unpaired) electrons. The van der Waals surface area contributed by atoms with Gasteiger partial charge in [-0.05, 0) is 32.2 Å².